The van der Waals surface area contributed by atoms with Gasteiger partial charge in [0, 0.05) is 18.2 Å². The van der Waals surface area contributed by atoms with Crippen LogP contribution in [-0.2, 0) is 10.0 Å². The topological polar surface area (TPSA) is 110 Å². The molecule has 0 fully saturated rings. The zero-order chi connectivity index (χ0) is 15.6. The van der Waals surface area contributed by atoms with Gasteiger partial charge < -0.3 is 5.11 Å². The normalized spacial score (nSPS) is 11.1. The van der Waals surface area contributed by atoms with Crippen molar-refractivity contribution in [2.75, 3.05) is 4.72 Å². The lowest BCUT2D eigenvalue weighted by Crippen LogP contribution is -2.14. The molecular formula is C12H9FN2O5S. The van der Waals surface area contributed by atoms with Crippen LogP contribution in [0.4, 0.5) is 15.8 Å². The summed E-state index contributed by atoms with van der Waals surface area (Å²) in [4.78, 5) is 9.53. The summed E-state index contributed by atoms with van der Waals surface area (Å²) in [5, 5.41) is 19.7. The van der Waals surface area contributed by atoms with Gasteiger partial charge in [0.1, 0.15) is 5.75 Å². The van der Waals surface area contributed by atoms with Crippen LogP contribution in [0.2, 0.25) is 0 Å². The van der Waals surface area contributed by atoms with Crippen LogP contribution in [0, 0.1) is 15.9 Å². The molecule has 110 valence electrons. The number of rotatable bonds is 4. The third kappa shape index (κ3) is 3.26. The minimum atomic E-state index is -4.18. The molecule has 7 nitrogen and oxygen atoms in total. The average molecular weight is 312 g/mol. The molecule has 0 aromatic heterocycles. The number of non-ortho nitro benzene ring substituents is 1. The highest BCUT2D eigenvalue weighted by molar-refractivity contribution is 7.92. The molecule has 9 heteroatoms. The lowest BCUT2D eigenvalue weighted by atomic mass is 10.3. The maximum Gasteiger partial charge on any atom is 0.270 e. The summed E-state index contributed by atoms with van der Waals surface area (Å²) < 4.78 is 39.6. The summed E-state index contributed by atoms with van der Waals surface area (Å²) in [5.74, 6) is -1.32. The third-order valence-corrected chi connectivity index (χ3v) is 3.90. The Morgan fingerprint density at radius 2 is 1.90 bits per heavy atom. The van der Waals surface area contributed by atoms with Crippen molar-refractivity contribution < 1.29 is 22.8 Å². The second kappa shape index (κ2) is 5.37. The summed E-state index contributed by atoms with van der Waals surface area (Å²) in [6.45, 7) is 0. The lowest BCUT2D eigenvalue weighted by Gasteiger charge is -2.09. The number of nitro benzene ring substituents is 1. The Kier molecular flexibility index (Phi) is 3.76. The molecule has 0 aliphatic rings. The molecular weight excluding hydrogens is 303 g/mol. The van der Waals surface area contributed by atoms with E-state index in [1.807, 2.05) is 4.72 Å². The molecule has 0 atom stereocenters. The molecule has 0 radical (unpaired) electrons. The highest BCUT2D eigenvalue weighted by Crippen LogP contribution is 2.24. The van der Waals surface area contributed by atoms with Crippen molar-refractivity contribution in [3.05, 3.63) is 58.4 Å². The highest BCUT2D eigenvalue weighted by atomic mass is 32.2. The van der Waals surface area contributed by atoms with Gasteiger partial charge in [-0.1, -0.05) is 6.07 Å². The number of anilines is 1. The Morgan fingerprint density at radius 3 is 2.52 bits per heavy atom. The number of nitrogens with one attached hydrogen (secondary N) is 1. The molecule has 2 N–H and O–H groups in total. The third-order valence-electron chi connectivity index (χ3n) is 2.54. The van der Waals surface area contributed by atoms with E-state index in [2.05, 4.69) is 0 Å². The SMILES string of the molecule is O=[N+]([O-])c1cccc(S(=O)(=O)Nc2ccc(O)cc2F)c1. The van der Waals surface area contributed by atoms with Crippen LogP contribution in [0.3, 0.4) is 0 Å². The van der Waals surface area contributed by atoms with Crippen molar-refractivity contribution in [1.29, 1.82) is 0 Å². The van der Waals surface area contributed by atoms with Crippen molar-refractivity contribution in [3.8, 4) is 5.75 Å². The van der Waals surface area contributed by atoms with Crippen LogP contribution < -0.4 is 4.72 Å². The van der Waals surface area contributed by atoms with E-state index in [0.29, 0.717) is 0 Å². The van der Waals surface area contributed by atoms with Gasteiger partial charge in [0.15, 0.2) is 5.82 Å². The number of phenols is 1. The van der Waals surface area contributed by atoms with Gasteiger partial charge in [-0.2, -0.15) is 0 Å². The van der Waals surface area contributed by atoms with E-state index in [9.17, 15) is 22.9 Å². The number of nitro groups is 1. The maximum absolute atomic E-state index is 13.5. The molecule has 0 saturated carbocycles. The number of nitrogens with zero attached hydrogens (tertiary/aromatic N) is 1. The molecule has 0 amide bonds. The highest BCUT2D eigenvalue weighted by Gasteiger charge is 2.19. The number of halogens is 1. The van der Waals surface area contributed by atoms with E-state index >= 15 is 0 Å². The minimum Gasteiger partial charge on any atom is -0.508 e. The predicted molar refractivity (Wildman–Crippen MR) is 72.0 cm³/mol. The summed E-state index contributed by atoms with van der Waals surface area (Å²) in [5.41, 5.74) is -0.775. The first kappa shape index (κ1) is 14.7. The minimum absolute atomic E-state index is 0.356. The van der Waals surface area contributed by atoms with Crippen LogP contribution in [0.5, 0.6) is 5.75 Å². The summed E-state index contributed by atoms with van der Waals surface area (Å²) in [6.07, 6.45) is 0. The molecule has 0 aliphatic carbocycles. The van der Waals surface area contributed by atoms with Crippen molar-refractivity contribution >= 4 is 21.4 Å². The van der Waals surface area contributed by atoms with E-state index in [1.54, 1.807) is 0 Å². The molecule has 0 bridgehead atoms. The molecule has 0 saturated heterocycles. The van der Waals surface area contributed by atoms with Gasteiger partial charge in [0.2, 0.25) is 0 Å². The number of benzene rings is 2. The van der Waals surface area contributed by atoms with E-state index in [-0.39, 0.29) is 16.3 Å². The molecule has 0 spiro atoms. The first-order chi connectivity index (χ1) is 9.79. The fourth-order valence-electron chi connectivity index (χ4n) is 1.55. The largest absolute Gasteiger partial charge is 0.508 e. The standard InChI is InChI=1S/C12H9FN2O5S/c13-11-7-9(16)4-5-12(11)14-21(19,20)10-3-1-2-8(6-10)15(17)18/h1-7,14,16H. The Morgan fingerprint density at radius 1 is 1.19 bits per heavy atom. The summed E-state index contributed by atoms with van der Waals surface area (Å²) in [7, 11) is -4.18. The average Bonchev–Trinajstić information content (AvgIpc) is 2.42. The number of sulfonamides is 1. The van der Waals surface area contributed by atoms with Crippen molar-refractivity contribution in [2.24, 2.45) is 0 Å². The van der Waals surface area contributed by atoms with Gasteiger partial charge >= 0.3 is 0 Å². The van der Waals surface area contributed by atoms with Crippen LogP contribution in [-0.4, -0.2) is 18.4 Å². The van der Waals surface area contributed by atoms with Crippen molar-refractivity contribution in [1.82, 2.24) is 0 Å². The van der Waals surface area contributed by atoms with Gasteiger partial charge in [-0.25, -0.2) is 12.8 Å². The summed E-state index contributed by atoms with van der Waals surface area (Å²) in [6, 6.07) is 7.24. The van der Waals surface area contributed by atoms with Gasteiger partial charge in [0.25, 0.3) is 15.7 Å². The van der Waals surface area contributed by atoms with E-state index in [4.69, 9.17) is 5.11 Å². The molecule has 21 heavy (non-hydrogen) atoms. The zero-order valence-electron chi connectivity index (χ0n) is 10.4. The van der Waals surface area contributed by atoms with Crippen LogP contribution in [0.15, 0.2) is 47.4 Å². The van der Waals surface area contributed by atoms with Gasteiger partial charge in [-0.3, -0.25) is 14.8 Å². The second-order valence-corrected chi connectivity index (χ2v) is 5.71. The van der Waals surface area contributed by atoms with Gasteiger partial charge in [-0.05, 0) is 18.2 Å². The zero-order valence-corrected chi connectivity index (χ0v) is 11.2. The van der Waals surface area contributed by atoms with Crippen LogP contribution in [0.1, 0.15) is 0 Å². The van der Waals surface area contributed by atoms with Crippen LogP contribution >= 0.6 is 0 Å². The van der Waals surface area contributed by atoms with Gasteiger partial charge in [-0.15, -0.1) is 0 Å². The van der Waals surface area contributed by atoms with Gasteiger partial charge in [0.05, 0.1) is 15.5 Å². The number of hydrogen-bond donors (Lipinski definition) is 2. The lowest BCUT2D eigenvalue weighted by molar-refractivity contribution is -0.385. The fraction of sp³-hybridized carbons (Fsp3) is 0. The Balaban J connectivity index is 2.38. The van der Waals surface area contributed by atoms with Crippen molar-refractivity contribution in [2.45, 2.75) is 4.90 Å². The predicted octanol–water partition coefficient (Wildman–Crippen LogP) is 2.24. The monoisotopic (exact) mass is 312 g/mol. The first-order valence-electron chi connectivity index (χ1n) is 5.55. The molecule has 0 heterocycles. The van der Waals surface area contributed by atoms with E-state index in [0.717, 1.165) is 36.4 Å². The fourth-order valence-corrected chi connectivity index (χ4v) is 2.66. The van der Waals surface area contributed by atoms with Crippen LogP contribution in [0.25, 0.3) is 0 Å². The number of aromatic hydroxyl groups is 1. The number of hydrogen-bond acceptors (Lipinski definition) is 5. The molecule has 0 unspecified atom stereocenters. The maximum atomic E-state index is 13.5. The Hall–Kier alpha value is -2.68. The second-order valence-electron chi connectivity index (χ2n) is 4.02. The molecule has 0 aliphatic heterocycles. The van der Waals surface area contributed by atoms with E-state index < -0.39 is 26.5 Å². The smallest absolute Gasteiger partial charge is 0.270 e. The van der Waals surface area contributed by atoms with E-state index in [1.165, 1.54) is 6.07 Å². The Bertz CT molecular complexity index is 807. The quantitative estimate of drug-likeness (QED) is 0.511. The molecule has 2 rings (SSSR count). The molecule has 2 aromatic carbocycles. The first-order valence-corrected chi connectivity index (χ1v) is 7.04. The molecule has 2 aromatic rings. The number of phenolic OH excluding ortho intramolecular Hbond substituents is 1. The Labute approximate surface area is 118 Å². The summed E-state index contributed by atoms with van der Waals surface area (Å²) >= 11 is 0. The van der Waals surface area contributed by atoms with Crippen molar-refractivity contribution in [3.63, 3.8) is 0 Å².